The minimum atomic E-state index is -0.687. The third kappa shape index (κ3) is 3.83. The van der Waals surface area contributed by atoms with Crippen LogP contribution in [0.5, 0.6) is 11.5 Å². The topological polar surface area (TPSA) is 83.7 Å². The van der Waals surface area contributed by atoms with E-state index in [9.17, 15) is 4.79 Å². The van der Waals surface area contributed by atoms with Gasteiger partial charge >= 0.3 is 5.97 Å². The van der Waals surface area contributed by atoms with Gasteiger partial charge in [0.2, 0.25) is 5.89 Å². The largest absolute Gasteiger partial charge is 0.497 e. The molecule has 0 aliphatic carbocycles. The first-order chi connectivity index (χ1) is 12.6. The molecule has 0 bridgehead atoms. The standard InChI is InChI=1S/C19H18N2O5/c1-12(25-19(22)14-5-4-6-16(11-14)24-3)17-20-21-18(26-17)13-7-9-15(23-2)10-8-13/h4-12H,1-3H3. The Hall–Kier alpha value is -3.35. The molecule has 0 N–H and O–H groups in total. The molecule has 0 amide bonds. The molecule has 1 atom stereocenters. The third-order valence-electron chi connectivity index (χ3n) is 3.71. The summed E-state index contributed by atoms with van der Waals surface area (Å²) in [4.78, 5) is 12.3. The van der Waals surface area contributed by atoms with Crippen molar-refractivity contribution < 1.29 is 23.4 Å². The fourth-order valence-electron chi connectivity index (χ4n) is 2.28. The molecule has 7 nitrogen and oxygen atoms in total. The van der Waals surface area contributed by atoms with Crippen molar-refractivity contribution in [3.63, 3.8) is 0 Å². The number of aromatic nitrogens is 2. The van der Waals surface area contributed by atoms with Crippen molar-refractivity contribution in [3.05, 3.63) is 60.0 Å². The van der Waals surface area contributed by atoms with Gasteiger partial charge in [-0.25, -0.2) is 4.79 Å². The van der Waals surface area contributed by atoms with E-state index < -0.39 is 12.1 Å². The van der Waals surface area contributed by atoms with Crippen molar-refractivity contribution in [1.82, 2.24) is 10.2 Å². The molecular weight excluding hydrogens is 336 g/mol. The molecule has 1 heterocycles. The van der Waals surface area contributed by atoms with Gasteiger partial charge in [-0.3, -0.25) is 0 Å². The molecule has 0 aliphatic heterocycles. The fraction of sp³-hybridized carbons (Fsp3) is 0.211. The van der Waals surface area contributed by atoms with Gasteiger partial charge in [0.1, 0.15) is 11.5 Å². The zero-order chi connectivity index (χ0) is 18.5. The zero-order valence-corrected chi connectivity index (χ0v) is 14.6. The highest BCUT2D eigenvalue weighted by Gasteiger charge is 2.20. The maximum atomic E-state index is 12.3. The van der Waals surface area contributed by atoms with Crippen LogP contribution < -0.4 is 9.47 Å². The molecule has 0 saturated carbocycles. The van der Waals surface area contributed by atoms with Crippen LogP contribution in [-0.4, -0.2) is 30.4 Å². The van der Waals surface area contributed by atoms with E-state index in [-0.39, 0.29) is 5.89 Å². The monoisotopic (exact) mass is 354 g/mol. The molecule has 1 aromatic heterocycles. The van der Waals surface area contributed by atoms with Gasteiger partial charge < -0.3 is 18.6 Å². The second-order valence-corrected chi connectivity index (χ2v) is 5.45. The number of esters is 1. The van der Waals surface area contributed by atoms with Crippen LogP contribution in [0.25, 0.3) is 11.5 Å². The Kier molecular flexibility index (Phi) is 5.17. The summed E-state index contributed by atoms with van der Waals surface area (Å²) in [5, 5.41) is 7.97. The van der Waals surface area contributed by atoms with E-state index in [1.807, 2.05) is 12.1 Å². The predicted octanol–water partition coefficient (Wildman–Crippen LogP) is 3.67. The van der Waals surface area contributed by atoms with Gasteiger partial charge in [-0.2, -0.15) is 0 Å². The van der Waals surface area contributed by atoms with Gasteiger partial charge in [0.05, 0.1) is 19.8 Å². The molecule has 3 aromatic rings. The minimum Gasteiger partial charge on any atom is -0.497 e. The molecule has 2 aromatic carbocycles. The summed E-state index contributed by atoms with van der Waals surface area (Å²) < 4.78 is 21.2. The van der Waals surface area contributed by atoms with E-state index in [1.165, 1.54) is 7.11 Å². The molecule has 0 spiro atoms. The Morgan fingerprint density at radius 2 is 1.73 bits per heavy atom. The molecule has 1 unspecified atom stereocenters. The van der Waals surface area contributed by atoms with Crippen molar-refractivity contribution in [3.8, 4) is 23.0 Å². The molecule has 0 saturated heterocycles. The lowest BCUT2D eigenvalue weighted by Crippen LogP contribution is -2.09. The first-order valence-electron chi connectivity index (χ1n) is 7.93. The van der Waals surface area contributed by atoms with Crippen LogP contribution in [0.4, 0.5) is 0 Å². The number of ether oxygens (including phenoxy) is 3. The molecule has 3 rings (SSSR count). The third-order valence-corrected chi connectivity index (χ3v) is 3.71. The van der Waals surface area contributed by atoms with E-state index in [2.05, 4.69) is 10.2 Å². The number of rotatable bonds is 6. The van der Waals surface area contributed by atoms with E-state index in [0.717, 1.165) is 11.3 Å². The van der Waals surface area contributed by atoms with Crippen LogP contribution in [0.2, 0.25) is 0 Å². The Balaban J connectivity index is 1.70. The van der Waals surface area contributed by atoms with E-state index in [1.54, 1.807) is 50.4 Å². The van der Waals surface area contributed by atoms with Gasteiger partial charge in [0.15, 0.2) is 6.10 Å². The number of carbonyl (C=O) groups is 1. The van der Waals surface area contributed by atoms with Crippen molar-refractivity contribution in [2.24, 2.45) is 0 Å². The summed E-state index contributed by atoms with van der Waals surface area (Å²) in [6, 6.07) is 13.9. The van der Waals surface area contributed by atoms with Crippen molar-refractivity contribution in [1.29, 1.82) is 0 Å². The average molecular weight is 354 g/mol. The quantitative estimate of drug-likeness (QED) is 0.624. The number of hydrogen-bond donors (Lipinski definition) is 0. The summed E-state index contributed by atoms with van der Waals surface area (Å²) >= 11 is 0. The van der Waals surface area contributed by atoms with Crippen molar-refractivity contribution >= 4 is 5.97 Å². The predicted molar refractivity (Wildman–Crippen MR) is 93.1 cm³/mol. The number of nitrogens with zero attached hydrogens (tertiary/aromatic N) is 2. The normalized spacial score (nSPS) is 11.7. The summed E-state index contributed by atoms with van der Waals surface area (Å²) in [5.74, 6) is 1.36. The fourth-order valence-corrected chi connectivity index (χ4v) is 2.28. The first kappa shape index (κ1) is 17.5. The van der Waals surface area contributed by atoms with Crippen LogP contribution in [0.1, 0.15) is 29.3 Å². The molecule has 7 heteroatoms. The van der Waals surface area contributed by atoms with Crippen molar-refractivity contribution in [2.75, 3.05) is 14.2 Å². The average Bonchev–Trinajstić information content (AvgIpc) is 3.18. The number of benzene rings is 2. The van der Waals surface area contributed by atoms with Crippen LogP contribution in [0.3, 0.4) is 0 Å². The summed E-state index contributed by atoms with van der Waals surface area (Å²) in [6.45, 7) is 1.67. The van der Waals surface area contributed by atoms with E-state index >= 15 is 0 Å². The van der Waals surface area contributed by atoms with Crippen LogP contribution >= 0.6 is 0 Å². The maximum absolute atomic E-state index is 12.3. The number of methoxy groups -OCH3 is 2. The second-order valence-electron chi connectivity index (χ2n) is 5.45. The lowest BCUT2D eigenvalue weighted by Gasteiger charge is -2.10. The molecule has 134 valence electrons. The number of hydrogen-bond acceptors (Lipinski definition) is 7. The van der Waals surface area contributed by atoms with E-state index in [0.29, 0.717) is 17.2 Å². The molecule has 26 heavy (non-hydrogen) atoms. The molecule has 0 fully saturated rings. The van der Waals surface area contributed by atoms with Gasteiger partial charge in [-0.15, -0.1) is 10.2 Å². The first-order valence-corrected chi connectivity index (χ1v) is 7.93. The highest BCUT2D eigenvalue weighted by atomic mass is 16.6. The van der Waals surface area contributed by atoms with Gasteiger partial charge in [-0.1, -0.05) is 6.07 Å². The van der Waals surface area contributed by atoms with Gasteiger partial charge in [0.25, 0.3) is 5.89 Å². The second kappa shape index (κ2) is 7.69. The summed E-state index contributed by atoms with van der Waals surface area (Å²) in [6.07, 6.45) is -0.687. The molecular formula is C19H18N2O5. The Morgan fingerprint density at radius 1 is 1.00 bits per heavy atom. The Morgan fingerprint density at radius 3 is 2.42 bits per heavy atom. The van der Waals surface area contributed by atoms with Gasteiger partial charge in [0, 0.05) is 5.56 Å². The molecule has 0 aliphatic rings. The van der Waals surface area contributed by atoms with Crippen LogP contribution in [-0.2, 0) is 4.74 Å². The number of carbonyl (C=O) groups excluding carboxylic acids is 1. The maximum Gasteiger partial charge on any atom is 0.339 e. The summed E-state index contributed by atoms with van der Waals surface area (Å²) in [5.41, 5.74) is 1.13. The van der Waals surface area contributed by atoms with Crippen molar-refractivity contribution in [2.45, 2.75) is 13.0 Å². The van der Waals surface area contributed by atoms with Gasteiger partial charge in [-0.05, 0) is 49.4 Å². The summed E-state index contributed by atoms with van der Waals surface area (Å²) in [7, 11) is 3.13. The Bertz CT molecular complexity index is 889. The lowest BCUT2D eigenvalue weighted by molar-refractivity contribution is 0.0279. The highest BCUT2D eigenvalue weighted by molar-refractivity contribution is 5.90. The van der Waals surface area contributed by atoms with E-state index in [4.69, 9.17) is 18.6 Å². The smallest absolute Gasteiger partial charge is 0.339 e. The minimum absolute atomic E-state index is 0.215. The lowest BCUT2D eigenvalue weighted by atomic mass is 10.2. The zero-order valence-electron chi connectivity index (χ0n) is 14.6. The highest BCUT2D eigenvalue weighted by Crippen LogP contribution is 2.25. The SMILES string of the molecule is COc1ccc(-c2nnc(C(C)OC(=O)c3cccc(OC)c3)o2)cc1. The van der Waals surface area contributed by atoms with Crippen LogP contribution in [0, 0.1) is 0 Å². The Labute approximate surface area is 150 Å². The van der Waals surface area contributed by atoms with Crippen LogP contribution in [0.15, 0.2) is 52.9 Å². The molecule has 0 radical (unpaired) electrons.